The summed E-state index contributed by atoms with van der Waals surface area (Å²) in [5.41, 5.74) is 4.15. The maximum Gasteiger partial charge on any atom is 0.338 e. The zero-order valence-electron chi connectivity index (χ0n) is 28.6. The van der Waals surface area contributed by atoms with Crippen LogP contribution in [0.25, 0.3) is 0 Å². The lowest BCUT2D eigenvalue weighted by Crippen LogP contribution is -2.15. The number of epoxide rings is 2. The Labute approximate surface area is 301 Å². The number of benzene rings is 4. The highest BCUT2D eigenvalue weighted by Crippen LogP contribution is 2.21. The van der Waals surface area contributed by atoms with Gasteiger partial charge in [-0.05, 0) is 83.9 Å². The van der Waals surface area contributed by atoms with E-state index in [4.69, 9.17) is 37.9 Å². The second kappa shape index (κ2) is 19.3. The third kappa shape index (κ3) is 12.7. The number of esters is 2. The molecule has 4 aromatic rings. The molecule has 6 rings (SSSR count). The van der Waals surface area contributed by atoms with Crippen LogP contribution in [0.1, 0.15) is 31.8 Å². The summed E-state index contributed by atoms with van der Waals surface area (Å²) >= 11 is 0. The van der Waals surface area contributed by atoms with Crippen LogP contribution in [0.5, 0.6) is 11.5 Å². The molecule has 0 amide bonds. The van der Waals surface area contributed by atoms with Gasteiger partial charge in [-0.15, -0.1) is 0 Å². The lowest BCUT2D eigenvalue weighted by Gasteiger charge is -2.08. The number of ether oxygens (including phenoxy) is 8. The molecule has 4 aromatic carbocycles. The Morgan fingerprint density at radius 2 is 0.904 bits per heavy atom. The number of hydrogen-bond acceptors (Lipinski definition) is 12. The minimum atomic E-state index is -0.437. The molecule has 2 unspecified atom stereocenters. The van der Waals surface area contributed by atoms with Crippen LogP contribution in [0.15, 0.2) is 107 Å². The van der Waals surface area contributed by atoms with Crippen LogP contribution >= 0.6 is 0 Å². The Balaban J connectivity index is 0.774. The molecule has 0 aliphatic carbocycles. The molecular weight excluding hydrogens is 668 g/mol. The van der Waals surface area contributed by atoms with Crippen molar-refractivity contribution in [2.75, 3.05) is 66.1 Å². The van der Waals surface area contributed by atoms with E-state index in [-0.39, 0.29) is 38.6 Å². The summed E-state index contributed by atoms with van der Waals surface area (Å²) in [7, 11) is 0. The highest BCUT2D eigenvalue weighted by Gasteiger charge is 2.23. The molecule has 2 fully saturated rings. The molecule has 12 nitrogen and oxygen atoms in total. The van der Waals surface area contributed by atoms with Crippen molar-refractivity contribution in [2.45, 2.75) is 12.2 Å². The molecule has 2 saturated heterocycles. The summed E-state index contributed by atoms with van der Waals surface area (Å²) in [5.74, 6) is 0.679. The summed E-state index contributed by atoms with van der Waals surface area (Å²) in [4.78, 5) is 33.7. The molecule has 0 saturated carbocycles. The van der Waals surface area contributed by atoms with Crippen molar-refractivity contribution < 1.29 is 47.5 Å². The molecule has 12 heteroatoms. The Morgan fingerprint density at radius 1 is 0.538 bits per heavy atom. The molecule has 0 spiro atoms. The van der Waals surface area contributed by atoms with Gasteiger partial charge in [-0.3, -0.25) is 9.98 Å². The van der Waals surface area contributed by atoms with Crippen molar-refractivity contribution in [3.63, 3.8) is 0 Å². The first-order valence-corrected chi connectivity index (χ1v) is 17.0. The summed E-state index contributed by atoms with van der Waals surface area (Å²) < 4.78 is 43.1. The first-order valence-electron chi connectivity index (χ1n) is 17.0. The minimum absolute atomic E-state index is 0.108. The molecule has 2 heterocycles. The van der Waals surface area contributed by atoms with Gasteiger partial charge in [0.1, 0.15) is 50.1 Å². The van der Waals surface area contributed by atoms with Crippen LogP contribution in [0, 0.1) is 0 Å². The molecule has 0 aromatic heterocycles. The van der Waals surface area contributed by atoms with Crippen molar-refractivity contribution in [3.8, 4) is 11.5 Å². The highest BCUT2D eigenvalue weighted by molar-refractivity contribution is 5.91. The number of nitrogens with zero attached hydrogens (tertiary/aromatic N) is 2. The van der Waals surface area contributed by atoms with Gasteiger partial charge in [0.25, 0.3) is 0 Å². The van der Waals surface area contributed by atoms with E-state index in [0.29, 0.717) is 37.6 Å². The molecule has 0 N–H and O–H groups in total. The molecule has 2 aliphatic rings. The molecular formula is C40H40N2O10. The van der Waals surface area contributed by atoms with Gasteiger partial charge in [-0.25, -0.2) is 9.59 Å². The highest BCUT2D eigenvalue weighted by atomic mass is 16.6. The van der Waals surface area contributed by atoms with E-state index in [2.05, 4.69) is 9.98 Å². The van der Waals surface area contributed by atoms with Gasteiger partial charge in [0, 0.05) is 12.4 Å². The Hall–Kier alpha value is -5.40. The summed E-state index contributed by atoms with van der Waals surface area (Å²) in [6.07, 6.45) is 3.88. The van der Waals surface area contributed by atoms with Crippen molar-refractivity contribution in [3.05, 3.63) is 119 Å². The SMILES string of the molecule is O=C(OCCOCCOCCOC(=O)c1ccc(C=Nc2ccc(OCC3CO3)cc2)cc1)c1ccc(C=Nc2ccc(OCC3CO3)cc2)cc1. The zero-order chi connectivity index (χ0) is 35.8. The van der Waals surface area contributed by atoms with E-state index < -0.39 is 11.9 Å². The molecule has 52 heavy (non-hydrogen) atoms. The molecule has 270 valence electrons. The van der Waals surface area contributed by atoms with Gasteiger partial charge in [-0.1, -0.05) is 24.3 Å². The van der Waals surface area contributed by atoms with Crippen LogP contribution in [-0.4, -0.2) is 103 Å². The number of carbonyl (C=O) groups excluding carboxylic acids is 2. The van der Waals surface area contributed by atoms with Gasteiger partial charge in [0.2, 0.25) is 0 Å². The standard InChI is InChI=1S/C40H40N2O10/c43-39(31-5-1-29(2-6-31)23-41-33-9-13-35(14-10-33)49-25-37-27-51-37)47-21-19-45-17-18-46-20-22-48-40(44)32-7-3-30(4-8-32)24-42-34-11-15-36(16-12-34)50-26-38-28-52-38/h1-16,23-24,37-38H,17-22,25-28H2. The van der Waals surface area contributed by atoms with Crippen molar-refractivity contribution in [1.82, 2.24) is 0 Å². The monoisotopic (exact) mass is 708 g/mol. The smallest absolute Gasteiger partial charge is 0.338 e. The fourth-order valence-electron chi connectivity index (χ4n) is 4.55. The first-order chi connectivity index (χ1) is 25.6. The Morgan fingerprint density at radius 3 is 1.27 bits per heavy atom. The predicted octanol–water partition coefficient (Wildman–Crippen LogP) is 5.79. The Bertz CT molecular complexity index is 1630. The van der Waals surface area contributed by atoms with E-state index in [1.807, 2.05) is 48.5 Å². The molecule has 2 aliphatic heterocycles. The molecule has 0 bridgehead atoms. The van der Waals surface area contributed by atoms with Crippen LogP contribution in [0.3, 0.4) is 0 Å². The fraction of sp³-hybridized carbons (Fsp3) is 0.300. The number of carbonyl (C=O) groups is 2. The predicted molar refractivity (Wildman–Crippen MR) is 193 cm³/mol. The summed E-state index contributed by atoms with van der Waals surface area (Å²) in [6.45, 7) is 3.92. The average Bonchev–Trinajstić information content (AvgIpc) is 4.13. The van der Waals surface area contributed by atoms with Gasteiger partial charge in [0.05, 0.1) is 62.1 Å². The molecule has 2 atom stereocenters. The van der Waals surface area contributed by atoms with Crippen LogP contribution in [-0.2, 0) is 28.4 Å². The van der Waals surface area contributed by atoms with Crippen molar-refractivity contribution >= 4 is 35.7 Å². The van der Waals surface area contributed by atoms with E-state index in [1.165, 1.54) is 0 Å². The lowest BCUT2D eigenvalue weighted by molar-refractivity contribution is 0.00229. The van der Waals surface area contributed by atoms with Crippen LogP contribution in [0.4, 0.5) is 11.4 Å². The van der Waals surface area contributed by atoms with E-state index in [1.54, 1.807) is 61.0 Å². The average molecular weight is 709 g/mol. The fourth-order valence-corrected chi connectivity index (χ4v) is 4.55. The normalized spacial score (nSPS) is 16.2. The minimum Gasteiger partial charge on any atom is -0.491 e. The zero-order valence-corrected chi connectivity index (χ0v) is 28.6. The van der Waals surface area contributed by atoms with E-state index in [9.17, 15) is 9.59 Å². The van der Waals surface area contributed by atoms with E-state index in [0.717, 1.165) is 47.2 Å². The maximum atomic E-state index is 12.4. The number of hydrogen-bond donors (Lipinski definition) is 0. The molecule has 0 radical (unpaired) electrons. The summed E-state index contributed by atoms with van der Waals surface area (Å²) in [5, 5.41) is 0. The van der Waals surface area contributed by atoms with Gasteiger partial charge < -0.3 is 37.9 Å². The summed E-state index contributed by atoms with van der Waals surface area (Å²) in [6, 6.07) is 29.0. The van der Waals surface area contributed by atoms with Gasteiger partial charge >= 0.3 is 11.9 Å². The number of rotatable bonds is 21. The van der Waals surface area contributed by atoms with Crippen LogP contribution < -0.4 is 9.47 Å². The lowest BCUT2D eigenvalue weighted by atomic mass is 10.1. The quantitative estimate of drug-likeness (QED) is 0.0452. The van der Waals surface area contributed by atoms with E-state index >= 15 is 0 Å². The third-order valence-electron chi connectivity index (χ3n) is 7.66. The van der Waals surface area contributed by atoms with Gasteiger partial charge in [-0.2, -0.15) is 0 Å². The topological polar surface area (TPSA) is 139 Å². The van der Waals surface area contributed by atoms with Crippen LogP contribution in [0.2, 0.25) is 0 Å². The third-order valence-corrected chi connectivity index (χ3v) is 7.66. The number of aliphatic imine (C=N–C) groups is 2. The Kier molecular flexibility index (Phi) is 13.5. The van der Waals surface area contributed by atoms with Gasteiger partial charge in [0.15, 0.2) is 0 Å². The largest absolute Gasteiger partial charge is 0.491 e. The first kappa shape index (κ1) is 36.4. The van der Waals surface area contributed by atoms with Crippen molar-refractivity contribution in [2.24, 2.45) is 9.98 Å². The second-order valence-corrected chi connectivity index (χ2v) is 11.8. The van der Waals surface area contributed by atoms with Crippen molar-refractivity contribution in [1.29, 1.82) is 0 Å². The maximum absolute atomic E-state index is 12.4. The second-order valence-electron chi connectivity index (χ2n) is 11.8.